The zero-order chi connectivity index (χ0) is 17.6. The highest BCUT2D eigenvalue weighted by Crippen LogP contribution is 2.15. The van der Waals surface area contributed by atoms with Crippen molar-refractivity contribution in [1.82, 2.24) is 10.2 Å². The van der Waals surface area contributed by atoms with Crippen LogP contribution in [0.1, 0.15) is 5.56 Å². The van der Waals surface area contributed by atoms with Crippen molar-refractivity contribution >= 4 is 11.6 Å². The first-order valence-corrected chi connectivity index (χ1v) is 8.34. The van der Waals surface area contributed by atoms with Crippen LogP contribution < -0.4 is 10.2 Å². The minimum absolute atomic E-state index is 0.123. The lowest BCUT2D eigenvalue weighted by Crippen LogP contribution is -2.49. The van der Waals surface area contributed by atoms with Gasteiger partial charge >= 0.3 is 0 Å². The molecule has 0 aliphatic carbocycles. The summed E-state index contributed by atoms with van der Waals surface area (Å²) >= 11 is 0. The molecular formula is C19H21F2N3O. The number of hydrogen-bond acceptors (Lipinski definition) is 3. The van der Waals surface area contributed by atoms with Crippen molar-refractivity contribution in [1.29, 1.82) is 0 Å². The molecule has 1 heterocycles. The second-order valence-corrected chi connectivity index (χ2v) is 6.15. The minimum atomic E-state index is -0.638. The summed E-state index contributed by atoms with van der Waals surface area (Å²) in [6.07, 6.45) is 0. The number of rotatable bonds is 5. The molecular weight excluding hydrogens is 324 g/mol. The number of anilines is 1. The lowest BCUT2D eigenvalue weighted by atomic mass is 10.2. The topological polar surface area (TPSA) is 35.6 Å². The Labute approximate surface area is 146 Å². The number of halogens is 2. The van der Waals surface area contributed by atoms with E-state index in [2.05, 4.69) is 27.2 Å². The molecule has 132 valence electrons. The van der Waals surface area contributed by atoms with E-state index < -0.39 is 11.6 Å². The molecule has 3 rings (SSSR count). The predicted octanol–water partition coefficient (Wildman–Crippen LogP) is 2.40. The third kappa shape index (κ3) is 5.00. The van der Waals surface area contributed by atoms with E-state index in [-0.39, 0.29) is 12.5 Å². The van der Waals surface area contributed by atoms with Crippen LogP contribution in [0.3, 0.4) is 0 Å². The number of benzene rings is 2. The second-order valence-electron chi connectivity index (χ2n) is 6.15. The van der Waals surface area contributed by atoms with Gasteiger partial charge in [0, 0.05) is 44.5 Å². The van der Waals surface area contributed by atoms with Gasteiger partial charge in [-0.1, -0.05) is 18.2 Å². The van der Waals surface area contributed by atoms with E-state index in [9.17, 15) is 13.6 Å². The fraction of sp³-hybridized carbons (Fsp3) is 0.316. The van der Waals surface area contributed by atoms with Crippen molar-refractivity contribution in [3.63, 3.8) is 0 Å². The van der Waals surface area contributed by atoms with E-state index in [4.69, 9.17) is 0 Å². The van der Waals surface area contributed by atoms with Crippen LogP contribution in [0.25, 0.3) is 0 Å². The molecule has 0 spiro atoms. The molecule has 4 nitrogen and oxygen atoms in total. The van der Waals surface area contributed by atoms with Gasteiger partial charge in [0.15, 0.2) is 0 Å². The Balaban J connectivity index is 1.43. The van der Waals surface area contributed by atoms with E-state index in [0.717, 1.165) is 32.2 Å². The van der Waals surface area contributed by atoms with E-state index in [1.807, 2.05) is 18.2 Å². The van der Waals surface area contributed by atoms with Crippen LogP contribution in [0.15, 0.2) is 48.5 Å². The second kappa shape index (κ2) is 8.07. The van der Waals surface area contributed by atoms with Gasteiger partial charge in [-0.05, 0) is 29.8 Å². The highest BCUT2D eigenvalue weighted by molar-refractivity contribution is 5.78. The fourth-order valence-corrected chi connectivity index (χ4v) is 2.98. The summed E-state index contributed by atoms with van der Waals surface area (Å²) in [6, 6.07) is 13.5. The lowest BCUT2D eigenvalue weighted by molar-refractivity contribution is -0.122. The van der Waals surface area contributed by atoms with Crippen LogP contribution in [-0.4, -0.2) is 43.5 Å². The number of carbonyl (C=O) groups is 1. The van der Waals surface area contributed by atoms with Crippen LogP contribution in [0, 0.1) is 11.6 Å². The Hall–Kier alpha value is -2.47. The Kier molecular flexibility index (Phi) is 5.60. The average Bonchev–Trinajstić information content (AvgIpc) is 2.61. The minimum Gasteiger partial charge on any atom is -0.369 e. The molecule has 1 aliphatic rings. The smallest absolute Gasteiger partial charge is 0.234 e. The van der Waals surface area contributed by atoms with E-state index >= 15 is 0 Å². The van der Waals surface area contributed by atoms with Crippen molar-refractivity contribution in [3.8, 4) is 0 Å². The molecule has 1 N–H and O–H groups in total. The van der Waals surface area contributed by atoms with Crippen molar-refractivity contribution < 1.29 is 13.6 Å². The molecule has 0 saturated carbocycles. The van der Waals surface area contributed by atoms with Gasteiger partial charge < -0.3 is 10.2 Å². The van der Waals surface area contributed by atoms with Gasteiger partial charge in [-0.2, -0.15) is 0 Å². The molecule has 25 heavy (non-hydrogen) atoms. The Morgan fingerprint density at radius 3 is 2.24 bits per heavy atom. The first-order valence-electron chi connectivity index (χ1n) is 8.34. The molecule has 0 atom stereocenters. The SMILES string of the molecule is O=C(CN1CCN(c2ccccc2)CC1)NCc1cc(F)cc(F)c1. The van der Waals surface area contributed by atoms with Gasteiger partial charge in [0.25, 0.3) is 0 Å². The number of carbonyl (C=O) groups excluding carboxylic acids is 1. The first-order chi connectivity index (χ1) is 12.1. The Morgan fingerprint density at radius 1 is 0.960 bits per heavy atom. The van der Waals surface area contributed by atoms with Gasteiger partial charge in [-0.3, -0.25) is 9.69 Å². The number of piperazine rings is 1. The zero-order valence-electron chi connectivity index (χ0n) is 13.9. The third-order valence-corrected chi connectivity index (χ3v) is 4.27. The van der Waals surface area contributed by atoms with E-state index in [1.165, 1.54) is 17.8 Å². The summed E-state index contributed by atoms with van der Waals surface area (Å²) in [5.74, 6) is -1.42. The number of hydrogen-bond donors (Lipinski definition) is 1. The summed E-state index contributed by atoms with van der Waals surface area (Å²) in [6.45, 7) is 3.75. The normalized spacial score (nSPS) is 15.2. The molecule has 0 aromatic heterocycles. The lowest BCUT2D eigenvalue weighted by Gasteiger charge is -2.35. The molecule has 1 amide bonds. The number of amides is 1. The molecule has 1 saturated heterocycles. The maximum absolute atomic E-state index is 13.1. The van der Waals surface area contributed by atoms with Gasteiger partial charge in [-0.25, -0.2) is 8.78 Å². The molecule has 0 radical (unpaired) electrons. The number of nitrogens with zero attached hydrogens (tertiary/aromatic N) is 2. The maximum Gasteiger partial charge on any atom is 0.234 e. The number of nitrogens with one attached hydrogen (secondary N) is 1. The molecule has 1 aliphatic heterocycles. The highest BCUT2D eigenvalue weighted by atomic mass is 19.1. The average molecular weight is 345 g/mol. The van der Waals surface area contributed by atoms with Gasteiger partial charge in [-0.15, -0.1) is 0 Å². The summed E-state index contributed by atoms with van der Waals surface area (Å²) < 4.78 is 26.3. The van der Waals surface area contributed by atoms with Crippen LogP contribution in [-0.2, 0) is 11.3 Å². The molecule has 0 bridgehead atoms. The van der Waals surface area contributed by atoms with Crippen LogP contribution in [0.5, 0.6) is 0 Å². The highest BCUT2D eigenvalue weighted by Gasteiger charge is 2.19. The van der Waals surface area contributed by atoms with E-state index in [0.29, 0.717) is 12.1 Å². The maximum atomic E-state index is 13.1. The van der Waals surface area contributed by atoms with Crippen LogP contribution in [0.2, 0.25) is 0 Å². The Bertz CT molecular complexity index is 696. The van der Waals surface area contributed by atoms with Crippen molar-refractivity contribution in [3.05, 3.63) is 65.7 Å². The first kappa shape index (κ1) is 17.4. The van der Waals surface area contributed by atoms with E-state index in [1.54, 1.807) is 0 Å². The third-order valence-electron chi connectivity index (χ3n) is 4.27. The van der Waals surface area contributed by atoms with Gasteiger partial charge in [0.05, 0.1) is 6.54 Å². The fourth-order valence-electron chi connectivity index (χ4n) is 2.98. The monoisotopic (exact) mass is 345 g/mol. The molecule has 2 aromatic carbocycles. The predicted molar refractivity (Wildman–Crippen MR) is 93.3 cm³/mol. The zero-order valence-corrected chi connectivity index (χ0v) is 13.9. The summed E-state index contributed by atoms with van der Waals surface area (Å²) in [4.78, 5) is 16.4. The molecule has 1 fully saturated rings. The Morgan fingerprint density at radius 2 is 1.60 bits per heavy atom. The summed E-state index contributed by atoms with van der Waals surface area (Å²) in [5, 5.41) is 2.72. The largest absolute Gasteiger partial charge is 0.369 e. The van der Waals surface area contributed by atoms with Crippen molar-refractivity contribution in [2.24, 2.45) is 0 Å². The van der Waals surface area contributed by atoms with Gasteiger partial charge in [0.1, 0.15) is 11.6 Å². The van der Waals surface area contributed by atoms with Gasteiger partial charge in [0.2, 0.25) is 5.91 Å². The molecule has 0 unspecified atom stereocenters. The van der Waals surface area contributed by atoms with Crippen LogP contribution in [0.4, 0.5) is 14.5 Å². The molecule has 6 heteroatoms. The van der Waals surface area contributed by atoms with Crippen molar-refractivity contribution in [2.45, 2.75) is 6.54 Å². The summed E-state index contributed by atoms with van der Waals surface area (Å²) in [5.41, 5.74) is 1.61. The quantitative estimate of drug-likeness (QED) is 0.904. The standard InChI is InChI=1S/C19H21F2N3O/c20-16-10-15(11-17(21)12-16)13-22-19(25)14-23-6-8-24(9-7-23)18-4-2-1-3-5-18/h1-5,10-12H,6-9,13-14H2,(H,22,25). The summed E-state index contributed by atoms with van der Waals surface area (Å²) in [7, 11) is 0. The van der Waals surface area contributed by atoms with Crippen LogP contribution >= 0.6 is 0 Å². The molecule has 2 aromatic rings. The van der Waals surface area contributed by atoms with Crippen molar-refractivity contribution in [2.75, 3.05) is 37.6 Å². The number of para-hydroxylation sites is 1.